The summed E-state index contributed by atoms with van der Waals surface area (Å²) >= 11 is 0. The lowest BCUT2D eigenvalue weighted by molar-refractivity contribution is -0.384. The zero-order valence-electron chi connectivity index (χ0n) is 13.3. The van der Waals surface area contributed by atoms with Crippen molar-refractivity contribution in [2.45, 2.75) is 10.9 Å². The van der Waals surface area contributed by atoms with E-state index in [4.69, 9.17) is 10.5 Å². The Balaban J connectivity index is 0.00000312. The Morgan fingerprint density at radius 2 is 1.80 bits per heavy atom. The largest absolute Gasteiger partial charge is 0.496 e. The average Bonchev–Trinajstić information content (AvgIpc) is 2.59. The van der Waals surface area contributed by atoms with E-state index in [1.165, 1.54) is 19.2 Å². The van der Waals surface area contributed by atoms with Gasteiger partial charge in [0.1, 0.15) is 5.75 Å². The normalized spacial score (nSPS) is 12.1. The van der Waals surface area contributed by atoms with Gasteiger partial charge in [-0.25, -0.2) is 13.1 Å². The second-order valence-corrected chi connectivity index (χ2v) is 6.72. The van der Waals surface area contributed by atoms with Crippen LogP contribution in [-0.4, -0.2) is 27.0 Å². The average molecular weight is 388 g/mol. The number of hydrogen-bond donors (Lipinski definition) is 2. The van der Waals surface area contributed by atoms with Gasteiger partial charge in [-0.15, -0.1) is 12.4 Å². The molecule has 0 radical (unpaired) electrons. The Kier molecular flexibility index (Phi) is 7.31. The maximum Gasteiger partial charge on any atom is 0.269 e. The number of methoxy groups -OCH3 is 1. The van der Waals surface area contributed by atoms with Crippen LogP contribution in [-0.2, 0) is 10.0 Å². The van der Waals surface area contributed by atoms with Crippen LogP contribution < -0.4 is 15.2 Å². The number of nitrogens with two attached hydrogens (primary N) is 1. The first kappa shape index (κ1) is 20.8. The van der Waals surface area contributed by atoms with E-state index in [2.05, 4.69) is 4.72 Å². The third-order valence-electron chi connectivity index (χ3n) is 3.39. The van der Waals surface area contributed by atoms with Gasteiger partial charge in [0.15, 0.2) is 0 Å². The van der Waals surface area contributed by atoms with Crippen LogP contribution in [0.4, 0.5) is 5.69 Å². The smallest absolute Gasteiger partial charge is 0.269 e. The minimum Gasteiger partial charge on any atom is -0.496 e. The van der Waals surface area contributed by atoms with Gasteiger partial charge >= 0.3 is 0 Å². The van der Waals surface area contributed by atoms with E-state index in [0.717, 1.165) is 12.1 Å². The van der Waals surface area contributed by atoms with Crippen LogP contribution in [0.15, 0.2) is 53.4 Å². The summed E-state index contributed by atoms with van der Waals surface area (Å²) in [5.74, 6) is 0.569. The van der Waals surface area contributed by atoms with E-state index in [9.17, 15) is 18.5 Å². The minimum atomic E-state index is -3.82. The zero-order chi connectivity index (χ0) is 17.7. The highest BCUT2D eigenvalue weighted by atomic mass is 35.5. The molecule has 10 heteroatoms. The third-order valence-corrected chi connectivity index (χ3v) is 4.83. The van der Waals surface area contributed by atoms with Gasteiger partial charge in [-0.3, -0.25) is 10.1 Å². The fraction of sp³-hybridized carbons (Fsp3) is 0.200. The van der Waals surface area contributed by atoms with Crippen LogP contribution in [0.2, 0.25) is 0 Å². The molecule has 2 aromatic carbocycles. The lowest BCUT2D eigenvalue weighted by atomic mass is 10.1. The quantitative estimate of drug-likeness (QED) is 0.553. The van der Waals surface area contributed by atoms with Crippen LogP contribution in [0.1, 0.15) is 11.6 Å². The van der Waals surface area contributed by atoms with Gasteiger partial charge in [-0.2, -0.15) is 0 Å². The fourth-order valence-corrected chi connectivity index (χ4v) is 3.17. The maximum absolute atomic E-state index is 12.2. The van der Waals surface area contributed by atoms with Gasteiger partial charge in [0.05, 0.1) is 16.9 Å². The highest BCUT2D eigenvalue weighted by Crippen LogP contribution is 2.23. The first-order valence-electron chi connectivity index (χ1n) is 6.98. The number of rotatable bonds is 7. The van der Waals surface area contributed by atoms with Gasteiger partial charge in [0.25, 0.3) is 5.69 Å². The second kappa shape index (κ2) is 8.77. The van der Waals surface area contributed by atoms with Crippen molar-refractivity contribution in [2.75, 3.05) is 13.7 Å². The second-order valence-electron chi connectivity index (χ2n) is 4.95. The Hall–Kier alpha value is -2.20. The Morgan fingerprint density at radius 1 is 1.20 bits per heavy atom. The summed E-state index contributed by atoms with van der Waals surface area (Å²) in [5, 5.41) is 10.6. The zero-order valence-corrected chi connectivity index (χ0v) is 14.9. The van der Waals surface area contributed by atoms with E-state index in [0.29, 0.717) is 11.3 Å². The van der Waals surface area contributed by atoms with Gasteiger partial charge < -0.3 is 10.5 Å². The summed E-state index contributed by atoms with van der Waals surface area (Å²) in [6, 6.07) is 11.1. The van der Waals surface area contributed by atoms with Crippen LogP contribution in [0, 0.1) is 10.1 Å². The molecule has 25 heavy (non-hydrogen) atoms. The van der Waals surface area contributed by atoms with Crippen LogP contribution in [0.5, 0.6) is 5.75 Å². The predicted octanol–water partition coefficient (Wildman–Crippen LogP) is 2.00. The first-order valence-corrected chi connectivity index (χ1v) is 8.46. The van der Waals surface area contributed by atoms with Crippen LogP contribution >= 0.6 is 12.4 Å². The number of ether oxygens (including phenoxy) is 1. The number of benzene rings is 2. The molecule has 0 spiro atoms. The van der Waals surface area contributed by atoms with Crippen LogP contribution in [0.25, 0.3) is 0 Å². The number of nitro groups is 1. The van der Waals surface area contributed by atoms with Crippen molar-refractivity contribution in [2.24, 2.45) is 5.73 Å². The molecular weight excluding hydrogens is 370 g/mol. The maximum atomic E-state index is 12.2. The molecule has 0 bridgehead atoms. The Labute approximate surface area is 151 Å². The highest BCUT2D eigenvalue weighted by molar-refractivity contribution is 7.89. The van der Waals surface area contributed by atoms with Crippen molar-refractivity contribution >= 4 is 28.1 Å². The van der Waals surface area contributed by atoms with Crippen molar-refractivity contribution in [3.8, 4) is 5.75 Å². The van der Waals surface area contributed by atoms with Gasteiger partial charge in [-0.1, -0.05) is 18.2 Å². The standard InChI is InChI=1S/C15H17N3O5S.ClH/c1-23-15-5-3-2-4-13(15)14(16)10-17-24(21,22)12-8-6-11(7-9-12)18(19)20;/h2-9,14,17H,10,16H2,1H3;1H. The number of hydrogen-bond acceptors (Lipinski definition) is 6. The van der Waals surface area contributed by atoms with E-state index in [1.54, 1.807) is 24.3 Å². The number of para-hydroxylation sites is 1. The lowest BCUT2D eigenvalue weighted by Crippen LogP contribution is -2.32. The van der Waals surface area contributed by atoms with Crippen molar-refractivity contribution in [3.05, 3.63) is 64.2 Å². The van der Waals surface area contributed by atoms with Crippen molar-refractivity contribution in [1.82, 2.24) is 4.72 Å². The molecule has 1 unspecified atom stereocenters. The Bertz CT molecular complexity index is 827. The molecule has 136 valence electrons. The summed E-state index contributed by atoms with van der Waals surface area (Å²) < 4.78 is 32.1. The third kappa shape index (κ3) is 5.13. The SMILES string of the molecule is COc1ccccc1C(N)CNS(=O)(=O)c1ccc([N+](=O)[O-])cc1.Cl. The summed E-state index contributed by atoms with van der Waals surface area (Å²) in [6.45, 7) is -0.0420. The van der Waals surface area contributed by atoms with E-state index >= 15 is 0 Å². The molecule has 1 atom stereocenters. The minimum absolute atomic E-state index is 0. The number of nitrogens with zero attached hydrogens (tertiary/aromatic N) is 1. The van der Waals surface area contributed by atoms with Gasteiger partial charge in [0, 0.05) is 30.3 Å². The monoisotopic (exact) mass is 387 g/mol. The number of nitrogens with one attached hydrogen (secondary N) is 1. The van der Waals surface area contributed by atoms with Crippen molar-refractivity contribution in [3.63, 3.8) is 0 Å². The summed E-state index contributed by atoms with van der Waals surface area (Å²) in [5.41, 5.74) is 6.52. The molecule has 0 fully saturated rings. The number of sulfonamides is 1. The number of nitro benzene ring substituents is 1. The molecule has 2 aromatic rings. The van der Waals surface area contributed by atoms with E-state index < -0.39 is 21.0 Å². The van der Waals surface area contributed by atoms with Crippen LogP contribution in [0.3, 0.4) is 0 Å². The predicted molar refractivity (Wildman–Crippen MR) is 95.5 cm³/mol. The fourth-order valence-electron chi connectivity index (χ4n) is 2.11. The Morgan fingerprint density at radius 3 is 2.36 bits per heavy atom. The molecule has 0 aliphatic carbocycles. The molecular formula is C15H18ClN3O5S. The molecule has 8 nitrogen and oxygen atoms in total. The molecule has 0 amide bonds. The summed E-state index contributed by atoms with van der Waals surface area (Å²) in [7, 11) is -2.31. The molecule has 0 aliphatic rings. The molecule has 0 saturated heterocycles. The number of non-ortho nitro benzene ring substituents is 1. The summed E-state index contributed by atoms with van der Waals surface area (Å²) in [6.07, 6.45) is 0. The molecule has 0 heterocycles. The molecule has 0 saturated carbocycles. The van der Waals surface area contributed by atoms with E-state index in [1.807, 2.05) is 0 Å². The molecule has 2 rings (SSSR count). The van der Waals surface area contributed by atoms with Gasteiger partial charge in [-0.05, 0) is 18.2 Å². The van der Waals surface area contributed by atoms with Crippen molar-refractivity contribution in [1.29, 1.82) is 0 Å². The highest BCUT2D eigenvalue weighted by Gasteiger charge is 2.18. The molecule has 0 aromatic heterocycles. The summed E-state index contributed by atoms with van der Waals surface area (Å²) in [4.78, 5) is 9.94. The van der Waals surface area contributed by atoms with E-state index in [-0.39, 0.29) is 29.5 Å². The first-order chi connectivity index (χ1) is 11.3. The topological polar surface area (TPSA) is 125 Å². The lowest BCUT2D eigenvalue weighted by Gasteiger charge is -2.16. The molecule has 3 N–H and O–H groups in total. The van der Waals surface area contributed by atoms with Gasteiger partial charge in [0.2, 0.25) is 10.0 Å². The van der Waals surface area contributed by atoms with Crippen molar-refractivity contribution < 1.29 is 18.1 Å². The number of halogens is 1. The molecule has 0 aliphatic heterocycles.